The fourth-order valence-electron chi connectivity index (χ4n) is 3.19. The molecule has 6 nitrogen and oxygen atoms in total. The molecule has 0 spiro atoms. The summed E-state index contributed by atoms with van der Waals surface area (Å²) in [6.07, 6.45) is 1.24. The van der Waals surface area contributed by atoms with Crippen molar-refractivity contribution >= 4 is 11.9 Å². The average Bonchev–Trinajstić information content (AvgIpc) is 2.67. The van der Waals surface area contributed by atoms with E-state index in [1.54, 1.807) is 21.9 Å². The van der Waals surface area contributed by atoms with Gasteiger partial charge < -0.3 is 19.9 Å². The third kappa shape index (κ3) is 6.08. The molecule has 0 aromatic heterocycles. The number of ether oxygens (including phenoxy) is 1. The number of amides is 3. The predicted molar refractivity (Wildman–Crippen MR) is 97.5 cm³/mol. The molecule has 1 fully saturated rings. The van der Waals surface area contributed by atoms with Crippen LogP contribution in [0.4, 0.5) is 13.6 Å². The van der Waals surface area contributed by atoms with Crippen LogP contribution in [0.2, 0.25) is 0 Å². The zero-order chi connectivity index (χ0) is 19.8. The van der Waals surface area contributed by atoms with Gasteiger partial charge in [0.15, 0.2) is 0 Å². The van der Waals surface area contributed by atoms with E-state index in [0.29, 0.717) is 44.6 Å². The predicted octanol–water partition coefficient (Wildman–Crippen LogP) is 3.08. The highest BCUT2D eigenvalue weighted by molar-refractivity contribution is 5.79. The van der Waals surface area contributed by atoms with Crippen LogP contribution in [-0.2, 0) is 11.3 Å². The second-order valence-corrected chi connectivity index (χ2v) is 6.46. The minimum absolute atomic E-state index is 0.0229. The van der Waals surface area contributed by atoms with E-state index in [2.05, 4.69) is 10.1 Å². The SMILES string of the molecule is CCN(CC)C(=O)N1CCC(C(=O)NCc2cccc(OC(F)F)c2)CC1. The molecule has 1 aromatic carbocycles. The van der Waals surface area contributed by atoms with Gasteiger partial charge >= 0.3 is 12.6 Å². The molecule has 27 heavy (non-hydrogen) atoms. The molecule has 2 rings (SSSR count). The lowest BCUT2D eigenvalue weighted by Crippen LogP contribution is -2.48. The van der Waals surface area contributed by atoms with Gasteiger partial charge in [0, 0.05) is 38.6 Å². The van der Waals surface area contributed by atoms with Gasteiger partial charge in [0.05, 0.1) is 0 Å². The molecule has 0 bridgehead atoms. The van der Waals surface area contributed by atoms with Crippen LogP contribution in [0, 0.1) is 5.92 Å². The van der Waals surface area contributed by atoms with Crippen molar-refractivity contribution in [3.8, 4) is 5.75 Å². The Morgan fingerprint density at radius 1 is 1.26 bits per heavy atom. The highest BCUT2D eigenvalue weighted by atomic mass is 19.3. The second kappa shape index (κ2) is 10.1. The van der Waals surface area contributed by atoms with E-state index in [1.807, 2.05) is 13.8 Å². The van der Waals surface area contributed by atoms with Crippen LogP contribution in [0.5, 0.6) is 5.75 Å². The number of piperidine rings is 1. The Bertz CT molecular complexity index is 630. The zero-order valence-electron chi connectivity index (χ0n) is 15.8. The second-order valence-electron chi connectivity index (χ2n) is 6.46. The van der Waals surface area contributed by atoms with Crippen molar-refractivity contribution in [2.75, 3.05) is 26.2 Å². The molecule has 1 N–H and O–H groups in total. The van der Waals surface area contributed by atoms with Crippen molar-refractivity contribution in [1.82, 2.24) is 15.1 Å². The highest BCUT2D eigenvalue weighted by Crippen LogP contribution is 2.20. The van der Waals surface area contributed by atoms with Crippen molar-refractivity contribution in [3.05, 3.63) is 29.8 Å². The highest BCUT2D eigenvalue weighted by Gasteiger charge is 2.28. The summed E-state index contributed by atoms with van der Waals surface area (Å²) < 4.78 is 28.9. The summed E-state index contributed by atoms with van der Waals surface area (Å²) >= 11 is 0. The summed E-state index contributed by atoms with van der Waals surface area (Å²) in [6.45, 7) is 3.73. The lowest BCUT2D eigenvalue weighted by Gasteiger charge is -2.34. The summed E-state index contributed by atoms with van der Waals surface area (Å²) in [5.41, 5.74) is 0.690. The molecule has 0 unspecified atom stereocenters. The van der Waals surface area contributed by atoms with Crippen LogP contribution in [0.15, 0.2) is 24.3 Å². The maximum Gasteiger partial charge on any atom is 0.387 e. The van der Waals surface area contributed by atoms with Gasteiger partial charge in [0.2, 0.25) is 5.91 Å². The summed E-state index contributed by atoms with van der Waals surface area (Å²) in [7, 11) is 0. The molecule has 1 aliphatic rings. The number of rotatable bonds is 7. The average molecular weight is 383 g/mol. The topological polar surface area (TPSA) is 61.9 Å². The Kier molecular flexibility index (Phi) is 7.82. The van der Waals surface area contributed by atoms with Gasteiger partial charge in [-0.1, -0.05) is 12.1 Å². The Morgan fingerprint density at radius 2 is 1.93 bits per heavy atom. The van der Waals surface area contributed by atoms with E-state index in [0.717, 1.165) is 0 Å². The quantitative estimate of drug-likeness (QED) is 0.787. The number of nitrogens with one attached hydrogen (secondary N) is 1. The number of carbonyl (C=O) groups excluding carboxylic acids is 2. The molecule has 3 amide bonds. The van der Waals surface area contributed by atoms with Crippen LogP contribution >= 0.6 is 0 Å². The molecule has 1 aliphatic heterocycles. The Hall–Kier alpha value is -2.38. The van der Waals surface area contributed by atoms with Crippen molar-refractivity contribution in [3.63, 3.8) is 0 Å². The van der Waals surface area contributed by atoms with Gasteiger partial charge in [0.25, 0.3) is 0 Å². The first-order chi connectivity index (χ1) is 12.9. The number of urea groups is 1. The molecular formula is C19H27F2N3O3. The largest absolute Gasteiger partial charge is 0.435 e. The summed E-state index contributed by atoms with van der Waals surface area (Å²) in [6, 6.07) is 6.30. The number of hydrogen-bond donors (Lipinski definition) is 1. The van der Waals surface area contributed by atoms with Crippen LogP contribution < -0.4 is 10.1 Å². The molecule has 1 aromatic rings. The number of nitrogens with zero attached hydrogens (tertiary/aromatic N) is 2. The minimum Gasteiger partial charge on any atom is -0.435 e. The van der Waals surface area contributed by atoms with Crippen molar-refractivity contribution in [2.24, 2.45) is 5.92 Å². The fraction of sp³-hybridized carbons (Fsp3) is 0.579. The van der Waals surface area contributed by atoms with E-state index < -0.39 is 6.61 Å². The standard InChI is InChI=1S/C19H27F2N3O3/c1-3-23(4-2)19(26)24-10-8-15(9-11-24)17(25)22-13-14-6-5-7-16(12-14)27-18(20)21/h5-7,12,15,18H,3-4,8-11,13H2,1-2H3,(H,22,25). The maximum absolute atomic E-state index is 12.4. The Morgan fingerprint density at radius 3 is 2.52 bits per heavy atom. The van der Waals surface area contributed by atoms with Crippen LogP contribution in [0.1, 0.15) is 32.3 Å². The third-order valence-electron chi connectivity index (χ3n) is 4.76. The first-order valence-electron chi connectivity index (χ1n) is 9.29. The molecule has 0 radical (unpaired) electrons. The lowest BCUT2D eigenvalue weighted by molar-refractivity contribution is -0.126. The van der Waals surface area contributed by atoms with Gasteiger partial charge in [0.1, 0.15) is 5.75 Å². The van der Waals surface area contributed by atoms with Gasteiger partial charge in [-0.05, 0) is 44.4 Å². The van der Waals surface area contributed by atoms with E-state index >= 15 is 0 Å². The van der Waals surface area contributed by atoms with Gasteiger partial charge in [-0.25, -0.2) is 4.79 Å². The number of alkyl halides is 2. The molecular weight excluding hydrogens is 356 g/mol. The summed E-state index contributed by atoms with van der Waals surface area (Å²) in [4.78, 5) is 28.3. The molecule has 1 heterocycles. The van der Waals surface area contributed by atoms with Crippen LogP contribution in [0.3, 0.4) is 0 Å². The Labute approximate surface area is 158 Å². The van der Waals surface area contributed by atoms with Crippen molar-refractivity contribution in [2.45, 2.75) is 39.8 Å². The number of likely N-dealkylation sites (tertiary alicyclic amines) is 1. The number of benzene rings is 1. The smallest absolute Gasteiger partial charge is 0.387 e. The van der Waals surface area contributed by atoms with Crippen molar-refractivity contribution in [1.29, 1.82) is 0 Å². The first-order valence-corrected chi connectivity index (χ1v) is 9.29. The van der Waals surface area contributed by atoms with Crippen LogP contribution in [-0.4, -0.2) is 54.5 Å². The van der Waals surface area contributed by atoms with Crippen molar-refractivity contribution < 1.29 is 23.1 Å². The van der Waals surface area contributed by atoms with E-state index in [-0.39, 0.29) is 30.2 Å². The molecule has 0 atom stereocenters. The number of hydrogen-bond acceptors (Lipinski definition) is 3. The van der Waals surface area contributed by atoms with E-state index in [1.165, 1.54) is 12.1 Å². The number of halogens is 2. The van der Waals surface area contributed by atoms with Gasteiger partial charge in [-0.3, -0.25) is 4.79 Å². The fourth-order valence-corrected chi connectivity index (χ4v) is 3.19. The van der Waals surface area contributed by atoms with Crippen LogP contribution in [0.25, 0.3) is 0 Å². The first kappa shape index (κ1) is 20.9. The maximum atomic E-state index is 12.4. The molecule has 1 saturated heterocycles. The molecule has 8 heteroatoms. The Balaban J connectivity index is 1.80. The van der Waals surface area contributed by atoms with Gasteiger partial charge in [-0.15, -0.1) is 0 Å². The van der Waals surface area contributed by atoms with E-state index in [4.69, 9.17) is 0 Å². The summed E-state index contributed by atoms with van der Waals surface area (Å²) in [5, 5.41) is 2.84. The monoisotopic (exact) mass is 383 g/mol. The van der Waals surface area contributed by atoms with Gasteiger partial charge in [-0.2, -0.15) is 8.78 Å². The summed E-state index contributed by atoms with van der Waals surface area (Å²) in [5.74, 6) is -0.156. The molecule has 0 aliphatic carbocycles. The lowest BCUT2D eigenvalue weighted by atomic mass is 9.96. The minimum atomic E-state index is -2.88. The molecule has 150 valence electrons. The third-order valence-corrected chi connectivity index (χ3v) is 4.76. The molecule has 0 saturated carbocycles. The van der Waals surface area contributed by atoms with E-state index in [9.17, 15) is 18.4 Å². The normalized spacial score (nSPS) is 14.9. The zero-order valence-corrected chi connectivity index (χ0v) is 15.8. The number of carbonyl (C=O) groups is 2.